The molecule has 0 amide bonds. The van der Waals surface area contributed by atoms with Crippen molar-refractivity contribution in [3.05, 3.63) is 92.4 Å². The zero-order chi connectivity index (χ0) is 25.0. The molecule has 8 heteroatoms. The van der Waals surface area contributed by atoms with Gasteiger partial charge in [-0.25, -0.2) is 0 Å². The Hall–Kier alpha value is -2.26. The van der Waals surface area contributed by atoms with Crippen molar-refractivity contribution in [1.82, 2.24) is 0 Å². The molecule has 0 aliphatic rings. The minimum absolute atomic E-state index is 0.00791. The summed E-state index contributed by atoms with van der Waals surface area (Å²) in [6.45, 7) is 4.41. The number of hydrogen-bond acceptors (Lipinski definition) is 6. The van der Waals surface area contributed by atoms with Gasteiger partial charge in [-0.3, -0.25) is 4.79 Å². The maximum Gasteiger partial charge on any atom is 0.194 e. The second-order valence-corrected chi connectivity index (χ2v) is 9.09. The highest BCUT2D eigenvalue weighted by Gasteiger charge is 2.15. The molecule has 0 bridgehead atoms. The molecule has 3 aromatic carbocycles. The highest BCUT2D eigenvalue weighted by molar-refractivity contribution is 9.10. The van der Waals surface area contributed by atoms with E-state index >= 15 is 0 Å². The number of carbonyl (C=O) groups is 1. The van der Waals surface area contributed by atoms with Crippen molar-refractivity contribution in [2.45, 2.75) is 13.5 Å². The molecule has 6 nitrogen and oxygen atoms in total. The number of nitrogens with one attached hydrogen (secondary N) is 1. The van der Waals surface area contributed by atoms with Crippen LogP contribution in [0, 0.1) is 6.92 Å². The molecule has 0 atom stereocenters. The lowest BCUT2D eigenvalue weighted by molar-refractivity contribution is 0.00457. The first-order valence-electron chi connectivity index (χ1n) is 11.3. The molecular formula is C27H29BrClNO5. The zero-order valence-electron chi connectivity index (χ0n) is 19.6. The molecule has 0 saturated carbocycles. The summed E-state index contributed by atoms with van der Waals surface area (Å²) in [5.74, 6) is -0.0976. The molecule has 0 saturated heterocycles. The van der Waals surface area contributed by atoms with Crippen LogP contribution in [0.4, 0.5) is 11.4 Å². The number of hydrogen-bond donors (Lipinski definition) is 2. The first-order chi connectivity index (χ1) is 17.0. The molecule has 0 heterocycles. The summed E-state index contributed by atoms with van der Waals surface area (Å²) in [5, 5.41) is 12.4. The van der Waals surface area contributed by atoms with Crippen LogP contribution in [0.1, 0.15) is 27.0 Å². The van der Waals surface area contributed by atoms with Gasteiger partial charge in [0.1, 0.15) is 0 Å². The van der Waals surface area contributed by atoms with Crippen LogP contribution in [0.3, 0.4) is 0 Å². The molecular weight excluding hydrogens is 534 g/mol. The van der Waals surface area contributed by atoms with Crippen LogP contribution in [0.2, 0.25) is 5.02 Å². The number of benzene rings is 3. The molecule has 0 aromatic heterocycles. The number of aliphatic hydroxyl groups is 1. The molecule has 0 radical (unpaired) electrons. The summed E-state index contributed by atoms with van der Waals surface area (Å²) in [4.78, 5) is 13.0. The van der Waals surface area contributed by atoms with Crippen molar-refractivity contribution in [2.24, 2.45) is 0 Å². The number of aryl methyl sites for hydroxylation is 1. The van der Waals surface area contributed by atoms with Gasteiger partial charge in [0.25, 0.3) is 0 Å². The summed E-state index contributed by atoms with van der Waals surface area (Å²) in [6.07, 6.45) is 0. The largest absolute Gasteiger partial charge is 0.394 e. The van der Waals surface area contributed by atoms with Crippen molar-refractivity contribution < 1.29 is 24.1 Å². The highest BCUT2D eigenvalue weighted by atomic mass is 79.9. The lowest BCUT2D eigenvalue weighted by Gasteiger charge is -2.15. The van der Waals surface area contributed by atoms with Gasteiger partial charge in [0.2, 0.25) is 0 Å². The van der Waals surface area contributed by atoms with E-state index in [0.717, 1.165) is 27.0 Å². The van der Waals surface area contributed by atoms with Crippen LogP contribution in [-0.2, 0) is 20.8 Å². The van der Waals surface area contributed by atoms with Gasteiger partial charge in [-0.15, -0.1) is 0 Å². The Balaban J connectivity index is 1.59. The third kappa shape index (κ3) is 8.42. The highest BCUT2D eigenvalue weighted by Crippen LogP contribution is 2.29. The average Bonchev–Trinajstić information content (AvgIpc) is 2.84. The van der Waals surface area contributed by atoms with Crippen molar-refractivity contribution in [1.29, 1.82) is 0 Å². The number of aliphatic hydroxyl groups excluding tert-OH is 1. The first kappa shape index (κ1) is 27.3. The van der Waals surface area contributed by atoms with Crippen LogP contribution < -0.4 is 5.32 Å². The van der Waals surface area contributed by atoms with E-state index in [9.17, 15) is 4.79 Å². The predicted octanol–water partition coefficient (Wildman–Crippen LogP) is 5.93. The predicted molar refractivity (Wildman–Crippen MR) is 142 cm³/mol. The molecule has 0 aliphatic carbocycles. The maximum atomic E-state index is 13.0. The monoisotopic (exact) mass is 561 g/mol. The normalized spacial score (nSPS) is 11.0. The zero-order valence-corrected chi connectivity index (χ0v) is 21.9. The van der Waals surface area contributed by atoms with Gasteiger partial charge in [-0.1, -0.05) is 51.8 Å². The number of ether oxygens (including phenoxy) is 3. The van der Waals surface area contributed by atoms with Gasteiger partial charge in [0.05, 0.1) is 51.3 Å². The summed E-state index contributed by atoms with van der Waals surface area (Å²) in [5.41, 5.74) is 4.63. The third-order valence-corrected chi connectivity index (χ3v) is 5.99. The third-order valence-electron chi connectivity index (χ3n) is 5.19. The van der Waals surface area contributed by atoms with Gasteiger partial charge >= 0.3 is 0 Å². The Morgan fingerprint density at radius 1 is 0.914 bits per heavy atom. The van der Waals surface area contributed by atoms with Gasteiger partial charge in [0, 0.05) is 32.5 Å². The number of ketones is 1. The quantitative estimate of drug-likeness (QED) is 0.187. The van der Waals surface area contributed by atoms with E-state index < -0.39 is 0 Å². The fourth-order valence-electron chi connectivity index (χ4n) is 3.40. The van der Waals surface area contributed by atoms with Gasteiger partial charge in [-0.05, 0) is 48.9 Å². The molecule has 0 unspecified atom stereocenters. The Morgan fingerprint density at radius 3 is 2.34 bits per heavy atom. The van der Waals surface area contributed by atoms with Crippen molar-refractivity contribution >= 4 is 44.7 Å². The number of halogens is 2. The van der Waals surface area contributed by atoms with Crippen LogP contribution in [0.25, 0.3) is 0 Å². The molecule has 3 aromatic rings. The standard InChI is InChI=1S/C27H29BrClNO5/c1-19-4-2-3-5-23(19)27(32)24-8-7-22(17-25(24)29)30-26-9-6-21(28)16-20(26)18-35-15-14-34-13-12-33-11-10-31/h2-9,16-17,30-31H,10-15,18H2,1H3. The lowest BCUT2D eigenvalue weighted by atomic mass is 9.99. The molecule has 186 valence electrons. The fraction of sp³-hybridized carbons (Fsp3) is 0.296. The molecule has 0 spiro atoms. The van der Waals surface area contributed by atoms with E-state index in [-0.39, 0.29) is 12.4 Å². The molecule has 0 aliphatic heterocycles. The van der Waals surface area contributed by atoms with Crippen LogP contribution >= 0.6 is 27.5 Å². The maximum absolute atomic E-state index is 13.0. The Kier molecular flexibility index (Phi) is 11.2. The minimum atomic E-state index is -0.0976. The summed E-state index contributed by atoms with van der Waals surface area (Å²) in [7, 11) is 0. The Morgan fingerprint density at radius 2 is 1.63 bits per heavy atom. The average molecular weight is 563 g/mol. The van der Waals surface area contributed by atoms with Gasteiger partial charge in [-0.2, -0.15) is 0 Å². The van der Waals surface area contributed by atoms with E-state index in [1.54, 1.807) is 12.1 Å². The number of rotatable bonds is 14. The van der Waals surface area contributed by atoms with Crippen LogP contribution in [-0.4, -0.2) is 50.5 Å². The molecule has 3 rings (SSSR count). The summed E-state index contributed by atoms with van der Waals surface area (Å²) < 4.78 is 17.3. The first-order valence-corrected chi connectivity index (χ1v) is 12.5. The lowest BCUT2D eigenvalue weighted by Crippen LogP contribution is -2.11. The topological polar surface area (TPSA) is 77.0 Å². The molecule has 0 fully saturated rings. The van der Waals surface area contributed by atoms with E-state index in [4.69, 9.17) is 30.9 Å². The van der Waals surface area contributed by atoms with Crippen molar-refractivity contribution in [2.75, 3.05) is 45.0 Å². The minimum Gasteiger partial charge on any atom is -0.394 e. The Bertz CT molecular complexity index is 1120. The van der Waals surface area contributed by atoms with E-state index in [2.05, 4.69) is 21.2 Å². The second-order valence-electron chi connectivity index (χ2n) is 7.77. The van der Waals surface area contributed by atoms with Crippen LogP contribution in [0.15, 0.2) is 65.1 Å². The van der Waals surface area contributed by atoms with Gasteiger partial charge in [0.15, 0.2) is 5.78 Å². The van der Waals surface area contributed by atoms with Crippen molar-refractivity contribution in [3.8, 4) is 0 Å². The van der Waals surface area contributed by atoms with E-state index in [1.807, 2.05) is 55.5 Å². The van der Waals surface area contributed by atoms with Crippen LogP contribution in [0.5, 0.6) is 0 Å². The fourth-order valence-corrected chi connectivity index (χ4v) is 4.07. The second kappa shape index (κ2) is 14.3. The van der Waals surface area contributed by atoms with Crippen molar-refractivity contribution in [3.63, 3.8) is 0 Å². The SMILES string of the molecule is Cc1ccccc1C(=O)c1ccc(Nc2ccc(Br)cc2COCCOCCOCCO)cc1Cl. The van der Waals surface area contributed by atoms with E-state index in [1.165, 1.54) is 0 Å². The number of carbonyl (C=O) groups excluding carboxylic acids is 1. The molecule has 2 N–H and O–H groups in total. The summed E-state index contributed by atoms with van der Waals surface area (Å²) in [6, 6.07) is 18.7. The molecule has 35 heavy (non-hydrogen) atoms. The van der Waals surface area contributed by atoms with Gasteiger partial charge < -0.3 is 24.6 Å². The smallest absolute Gasteiger partial charge is 0.194 e. The van der Waals surface area contributed by atoms with E-state index in [0.29, 0.717) is 55.8 Å². The Labute approximate surface area is 219 Å². The summed E-state index contributed by atoms with van der Waals surface area (Å²) >= 11 is 10.0. The number of anilines is 2.